The van der Waals surface area contributed by atoms with Gasteiger partial charge in [-0.3, -0.25) is 4.90 Å². The number of halogens is 1. The van der Waals surface area contributed by atoms with Crippen molar-refractivity contribution in [1.29, 1.82) is 0 Å². The van der Waals surface area contributed by atoms with Gasteiger partial charge in [-0.05, 0) is 64.1 Å². The Morgan fingerprint density at radius 2 is 1.38 bits per heavy atom. The Morgan fingerprint density at radius 3 is 1.94 bits per heavy atom. The Hall–Kier alpha value is -2.63. The topological polar surface area (TPSA) is 36.9 Å². The molecule has 0 saturated carbocycles. The molecule has 32 heavy (non-hydrogen) atoms. The van der Waals surface area contributed by atoms with Crippen LogP contribution in [0.4, 0.5) is 11.4 Å². The molecule has 0 unspecified atom stereocenters. The van der Waals surface area contributed by atoms with Gasteiger partial charge in [0.05, 0.1) is 5.69 Å². The van der Waals surface area contributed by atoms with E-state index in [1.54, 1.807) is 0 Å². The molecule has 4 nitrogen and oxygen atoms in total. The predicted octanol–water partition coefficient (Wildman–Crippen LogP) is 6.95. The molecule has 0 aliphatic rings. The van der Waals surface area contributed by atoms with Crippen LogP contribution in [0.1, 0.15) is 33.3 Å². The summed E-state index contributed by atoms with van der Waals surface area (Å²) in [7, 11) is 0. The summed E-state index contributed by atoms with van der Waals surface area (Å²) in [6.45, 7) is 10.5. The molecule has 0 amide bonds. The van der Waals surface area contributed by atoms with Crippen molar-refractivity contribution in [3.63, 3.8) is 0 Å². The summed E-state index contributed by atoms with van der Waals surface area (Å²) in [6, 6.07) is 29.2. The molecule has 3 rings (SSSR count). The molecule has 0 atom stereocenters. The molecule has 0 spiro atoms. The molecule has 0 aromatic heterocycles. The molecule has 0 saturated heterocycles. The molecular formula is C27H34BrN3O. The van der Waals surface area contributed by atoms with E-state index in [1.165, 1.54) is 0 Å². The zero-order valence-corrected chi connectivity index (χ0v) is 21.1. The summed E-state index contributed by atoms with van der Waals surface area (Å²) < 4.78 is 5.97. The Bertz CT molecular complexity index is 934. The third-order valence-electron chi connectivity index (χ3n) is 5.11. The van der Waals surface area contributed by atoms with E-state index in [-0.39, 0.29) is 17.0 Å². The highest BCUT2D eigenvalue weighted by atomic mass is 79.9. The molecule has 3 aromatic carbocycles. The minimum absolute atomic E-state index is 0. The molecule has 0 aliphatic carbocycles. The fourth-order valence-electron chi connectivity index (χ4n) is 3.55. The lowest BCUT2D eigenvalue weighted by Gasteiger charge is -2.30. The van der Waals surface area contributed by atoms with Gasteiger partial charge in [0.15, 0.2) is 0 Å². The normalized spacial score (nSPS) is 11.5. The van der Waals surface area contributed by atoms with Crippen molar-refractivity contribution in [2.45, 2.75) is 39.8 Å². The number of nitrogens with zero attached hydrogens (tertiary/aromatic N) is 2. The van der Waals surface area contributed by atoms with Gasteiger partial charge in [0.1, 0.15) is 18.2 Å². The van der Waals surface area contributed by atoms with Gasteiger partial charge in [0.25, 0.3) is 0 Å². The lowest BCUT2D eigenvalue weighted by atomic mass is 10.2. The van der Waals surface area contributed by atoms with Gasteiger partial charge in [-0.25, -0.2) is 4.99 Å². The van der Waals surface area contributed by atoms with E-state index in [4.69, 9.17) is 9.73 Å². The summed E-state index contributed by atoms with van der Waals surface area (Å²) in [6.07, 6.45) is 0. The molecule has 0 radical (unpaired) electrons. The molecule has 0 bridgehead atoms. The molecular weight excluding hydrogens is 462 g/mol. The highest BCUT2D eigenvalue weighted by Crippen LogP contribution is 2.20. The third kappa shape index (κ3) is 7.81. The first-order valence-electron chi connectivity index (χ1n) is 11.0. The lowest BCUT2D eigenvalue weighted by Crippen LogP contribution is -2.39. The van der Waals surface area contributed by atoms with E-state index in [2.05, 4.69) is 50.0 Å². The zero-order valence-electron chi connectivity index (χ0n) is 19.4. The average molecular weight is 496 g/mol. The molecule has 0 fully saturated rings. The molecule has 0 aliphatic heterocycles. The van der Waals surface area contributed by atoms with Crippen molar-refractivity contribution in [2.24, 2.45) is 4.99 Å². The smallest absolute Gasteiger partial charge is 0.138 e. The molecule has 1 N–H and O–H groups in total. The van der Waals surface area contributed by atoms with Gasteiger partial charge < -0.3 is 10.1 Å². The van der Waals surface area contributed by atoms with Crippen molar-refractivity contribution in [3.05, 3.63) is 90.5 Å². The number of anilines is 1. The number of hydrogen-bond acceptors (Lipinski definition) is 3. The van der Waals surface area contributed by atoms with Crippen LogP contribution >= 0.6 is 17.0 Å². The summed E-state index contributed by atoms with van der Waals surface area (Å²) in [5, 5.41) is 3.44. The Kier molecular flexibility index (Phi) is 10.4. The maximum absolute atomic E-state index is 5.97. The Morgan fingerprint density at radius 1 is 0.812 bits per heavy atom. The van der Waals surface area contributed by atoms with Gasteiger partial charge in [-0.1, -0.05) is 48.5 Å². The van der Waals surface area contributed by atoms with Gasteiger partial charge in [0, 0.05) is 29.9 Å². The van der Waals surface area contributed by atoms with Crippen LogP contribution in [0.3, 0.4) is 0 Å². The van der Waals surface area contributed by atoms with E-state index >= 15 is 0 Å². The van der Waals surface area contributed by atoms with Crippen molar-refractivity contribution >= 4 is 34.2 Å². The van der Waals surface area contributed by atoms with E-state index in [0.29, 0.717) is 18.7 Å². The van der Waals surface area contributed by atoms with Crippen molar-refractivity contribution in [1.82, 2.24) is 4.90 Å². The van der Waals surface area contributed by atoms with E-state index in [0.717, 1.165) is 35.1 Å². The Balaban J connectivity index is 0.00000363. The number of aliphatic imine (C=N–C) groups is 1. The SMILES string of the molecule is Br.CC(C)N(CCOc1ccc(N=C(Nc2ccccc2)c2ccccc2)cc1)C(C)C. The number of para-hydroxylation sites is 1. The number of benzene rings is 3. The summed E-state index contributed by atoms with van der Waals surface area (Å²) >= 11 is 0. The second kappa shape index (κ2) is 13.0. The monoisotopic (exact) mass is 495 g/mol. The summed E-state index contributed by atoms with van der Waals surface area (Å²) in [4.78, 5) is 7.29. The third-order valence-corrected chi connectivity index (χ3v) is 5.11. The van der Waals surface area contributed by atoms with Gasteiger partial charge in [-0.2, -0.15) is 0 Å². The largest absolute Gasteiger partial charge is 0.492 e. The molecule has 5 heteroatoms. The number of amidine groups is 1. The Labute approximate surface area is 203 Å². The first kappa shape index (κ1) is 25.6. The predicted molar refractivity (Wildman–Crippen MR) is 142 cm³/mol. The first-order chi connectivity index (χ1) is 15.0. The zero-order chi connectivity index (χ0) is 22.1. The van der Waals surface area contributed by atoms with Crippen molar-refractivity contribution in [3.8, 4) is 5.75 Å². The average Bonchev–Trinajstić information content (AvgIpc) is 2.78. The van der Waals surface area contributed by atoms with Crippen LogP contribution in [0.2, 0.25) is 0 Å². The molecule has 170 valence electrons. The van der Waals surface area contributed by atoms with E-state index in [9.17, 15) is 0 Å². The molecule has 3 aromatic rings. The van der Waals surface area contributed by atoms with E-state index < -0.39 is 0 Å². The molecule has 0 heterocycles. The van der Waals surface area contributed by atoms with Crippen LogP contribution in [-0.4, -0.2) is 36.0 Å². The van der Waals surface area contributed by atoms with Gasteiger partial charge in [-0.15, -0.1) is 17.0 Å². The van der Waals surface area contributed by atoms with Gasteiger partial charge >= 0.3 is 0 Å². The minimum atomic E-state index is 0. The van der Waals surface area contributed by atoms with E-state index in [1.807, 2.05) is 72.8 Å². The van der Waals surface area contributed by atoms with Crippen LogP contribution < -0.4 is 10.1 Å². The van der Waals surface area contributed by atoms with Crippen LogP contribution in [-0.2, 0) is 0 Å². The summed E-state index contributed by atoms with van der Waals surface area (Å²) in [5.74, 6) is 1.67. The summed E-state index contributed by atoms with van der Waals surface area (Å²) in [5.41, 5.74) is 2.92. The number of ether oxygens (including phenoxy) is 1. The second-order valence-electron chi connectivity index (χ2n) is 8.09. The number of nitrogens with one attached hydrogen (secondary N) is 1. The fourth-order valence-corrected chi connectivity index (χ4v) is 3.55. The van der Waals surface area contributed by atoms with Crippen LogP contribution in [0.5, 0.6) is 5.75 Å². The van der Waals surface area contributed by atoms with Crippen LogP contribution in [0.25, 0.3) is 0 Å². The lowest BCUT2D eigenvalue weighted by molar-refractivity contribution is 0.142. The first-order valence-corrected chi connectivity index (χ1v) is 11.0. The standard InChI is InChI=1S/C27H33N3O.BrH/c1-21(2)30(22(3)4)19-20-31-26-17-15-25(16-18-26)29-27(23-11-7-5-8-12-23)28-24-13-9-6-10-14-24;/h5-18,21-22H,19-20H2,1-4H3,(H,28,29);1H. The second-order valence-corrected chi connectivity index (χ2v) is 8.09. The van der Waals surface area contributed by atoms with Crippen molar-refractivity contribution in [2.75, 3.05) is 18.5 Å². The minimum Gasteiger partial charge on any atom is -0.492 e. The number of hydrogen-bond donors (Lipinski definition) is 1. The maximum atomic E-state index is 5.97. The fraction of sp³-hybridized carbons (Fsp3) is 0.296. The van der Waals surface area contributed by atoms with Gasteiger partial charge in [0.2, 0.25) is 0 Å². The quantitative estimate of drug-likeness (QED) is 0.257. The van der Waals surface area contributed by atoms with Crippen LogP contribution in [0, 0.1) is 0 Å². The number of rotatable bonds is 9. The highest BCUT2D eigenvalue weighted by molar-refractivity contribution is 8.93. The maximum Gasteiger partial charge on any atom is 0.138 e. The van der Waals surface area contributed by atoms with Crippen LogP contribution in [0.15, 0.2) is 89.9 Å². The van der Waals surface area contributed by atoms with Crippen molar-refractivity contribution < 1.29 is 4.74 Å². The highest BCUT2D eigenvalue weighted by Gasteiger charge is 2.12.